The van der Waals surface area contributed by atoms with Crippen molar-refractivity contribution in [2.45, 2.75) is 6.61 Å². The first-order valence-electron chi connectivity index (χ1n) is 9.71. The first kappa shape index (κ1) is 18.1. The van der Waals surface area contributed by atoms with Crippen LogP contribution in [0.4, 0.5) is 0 Å². The van der Waals surface area contributed by atoms with Crippen molar-refractivity contribution in [2.24, 2.45) is 0 Å². The molecule has 2 aromatic heterocycles. The van der Waals surface area contributed by atoms with E-state index in [1.54, 1.807) is 7.11 Å². The molecule has 2 heterocycles. The number of rotatable bonds is 6. The van der Waals surface area contributed by atoms with E-state index in [9.17, 15) is 4.79 Å². The van der Waals surface area contributed by atoms with Crippen LogP contribution in [0.2, 0.25) is 0 Å². The number of carbonyl (C=O) groups excluding carboxylic acids is 1. The fraction of sp³-hybridized carbons (Fsp3) is 0.0800. The third-order valence-corrected chi connectivity index (χ3v) is 5.17. The van der Waals surface area contributed by atoms with Crippen LogP contribution in [-0.2, 0) is 6.61 Å². The summed E-state index contributed by atoms with van der Waals surface area (Å²) >= 11 is 0. The number of methoxy groups -OCH3 is 1. The summed E-state index contributed by atoms with van der Waals surface area (Å²) in [6.45, 7) is 0.499. The second kappa shape index (κ2) is 7.44. The molecule has 0 bridgehead atoms. The molecule has 0 saturated carbocycles. The predicted molar refractivity (Wildman–Crippen MR) is 117 cm³/mol. The van der Waals surface area contributed by atoms with Gasteiger partial charge < -0.3 is 19.4 Å². The fourth-order valence-electron chi connectivity index (χ4n) is 3.64. The van der Waals surface area contributed by atoms with E-state index in [4.69, 9.17) is 9.47 Å². The highest BCUT2D eigenvalue weighted by atomic mass is 16.5. The zero-order chi connectivity index (χ0) is 20.5. The Hall–Kier alpha value is -3.99. The minimum absolute atomic E-state index is 0.101. The van der Waals surface area contributed by atoms with Crippen LogP contribution in [-0.4, -0.2) is 22.9 Å². The predicted octanol–water partition coefficient (Wildman–Crippen LogP) is 5.47. The van der Waals surface area contributed by atoms with Crippen molar-refractivity contribution in [3.8, 4) is 11.5 Å². The van der Waals surface area contributed by atoms with Crippen LogP contribution in [0, 0.1) is 0 Å². The van der Waals surface area contributed by atoms with Gasteiger partial charge in [-0.2, -0.15) is 0 Å². The molecule has 0 fully saturated rings. The Bertz CT molecular complexity index is 1350. The quantitative estimate of drug-likeness (QED) is 0.374. The van der Waals surface area contributed by atoms with Gasteiger partial charge in [-0.15, -0.1) is 0 Å². The second-order valence-corrected chi connectivity index (χ2v) is 7.14. The number of hydrogen-bond donors (Lipinski definition) is 2. The van der Waals surface area contributed by atoms with Gasteiger partial charge in [-0.05, 0) is 48.0 Å². The lowest BCUT2D eigenvalue weighted by molar-refractivity contribution is 0.103. The maximum absolute atomic E-state index is 13.0. The van der Waals surface area contributed by atoms with Gasteiger partial charge in [0.15, 0.2) is 0 Å². The summed E-state index contributed by atoms with van der Waals surface area (Å²) in [5, 5.41) is 1.81. The number of aromatic amines is 2. The van der Waals surface area contributed by atoms with Gasteiger partial charge in [-0.25, -0.2) is 0 Å². The van der Waals surface area contributed by atoms with Crippen molar-refractivity contribution in [1.82, 2.24) is 9.97 Å². The summed E-state index contributed by atoms with van der Waals surface area (Å²) in [5.41, 5.74) is 3.90. The first-order valence-corrected chi connectivity index (χ1v) is 9.71. The van der Waals surface area contributed by atoms with Gasteiger partial charge in [-0.1, -0.05) is 36.4 Å². The number of ether oxygens (including phenoxy) is 2. The molecular formula is C25H20N2O3. The molecule has 0 aliphatic rings. The van der Waals surface area contributed by atoms with Gasteiger partial charge in [-0.3, -0.25) is 4.79 Å². The van der Waals surface area contributed by atoms with E-state index in [1.807, 2.05) is 78.9 Å². The third-order valence-electron chi connectivity index (χ3n) is 5.17. The molecule has 0 aliphatic carbocycles. The van der Waals surface area contributed by atoms with E-state index in [1.165, 1.54) is 0 Å². The van der Waals surface area contributed by atoms with Crippen molar-refractivity contribution in [1.29, 1.82) is 0 Å². The summed E-state index contributed by atoms with van der Waals surface area (Å²) in [5.74, 6) is 1.40. The number of fused-ring (bicyclic) bond motifs is 2. The Balaban J connectivity index is 1.41. The Morgan fingerprint density at radius 3 is 2.47 bits per heavy atom. The third kappa shape index (κ3) is 3.31. The number of benzene rings is 3. The van der Waals surface area contributed by atoms with Crippen molar-refractivity contribution < 1.29 is 14.3 Å². The highest BCUT2D eigenvalue weighted by Crippen LogP contribution is 2.28. The van der Waals surface area contributed by atoms with E-state index in [2.05, 4.69) is 9.97 Å². The van der Waals surface area contributed by atoms with E-state index in [0.29, 0.717) is 18.0 Å². The zero-order valence-corrected chi connectivity index (χ0v) is 16.4. The van der Waals surface area contributed by atoms with Gasteiger partial charge in [0.2, 0.25) is 5.78 Å². The first-order chi connectivity index (χ1) is 14.7. The highest BCUT2D eigenvalue weighted by molar-refractivity contribution is 6.11. The van der Waals surface area contributed by atoms with Crippen LogP contribution < -0.4 is 9.47 Å². The maximum atomic E-state index is 13.0. The van der Waals surface area contributed by atoms with Crippen LogP contribution in [0.15, 0.2) is 78.9 Å². The minimum Gasteiger partial charge on any atom is -0.496 e. The minimum atomic E-state index is -0.101. The molecule has 148 valence electrons. The Morgan fingerprint density at radius 2 is 1.63 bits per heavy atom. The van der Waals surface area contributed by atoms with E-state index < -0.39 is 0 Å². The van der Waals surface area contributed by atoms with Crippen LogP contribution in [0.1, 0.15) is 21.7 Å². The molecule has 0 spiro atoms. The zero-order valence-electron chi connectivity index (χ0n) is 16.4. The molecule has 5 rings (SSSR count). The molecule has 5 aromatic rings. The van der Waals surface area contributed by atoms with Crippen LogP contribution in [0.3, 0.4) is 0 Å². The largest absolute Gasteiger partial charge is 0.496 e. The van der Waals surface area contributed by atoms with Crippen molar-refractivity contribution in [3.05, 3.63) is 95.8 Å². The number of ketones is 1. The topological polar surface area (TPSA) is 67.1 Å². The van der Waals surface area contributed by atoms with Crippen LogP contribution in [0.5, 0.6) is 11.5 Å². The molecule has 0 amide bonds. The molecule has 0 aliphatic heterocycles. The molecule has 30 heavy (non-hydrogen) atoms. The molecule has 3 aromatic carbocycles. The Morgan fingerprint density at radius 1 is 0.833 bits per heavy atom. The fourth-order valence-corrected chi connectivity index (χ4v) is 3.64. The van der Waals surface area contributed by atoms with Gasteiger partial charge in [0.05, 0.1) is 18.5 Å². The monoisotopic (exact) mass is 396 g/mol. The summed E-state index contributed by atoms with van der Waals surface area (Å²) in [6.07, 6.45) is 0. The van der Waals surface area contributed by atoms with E-state index in [0.717, 1.165) is 38.9 Å². The Labute approximate surface area is 173 Å². The summed E-state index contributed by atoms with van der Waals surface area (Å²) < 4.78 is 11.3. The molecule has 5 nitrogen and oxygen atoms in total. The number of nitrogens with one attached hydrogen (secondary N) is 2. The highest BCUT2D eigenvalue weighted by Gasteiger charge is 2.16. The molecule has 0 radical (unpaired) electrons. The number of H-pyrrole nitrogens is 2. The van der Waals surface area contributed by atoms with Crippen molar-refractivity contribution >= 4 is 27.6 Å². The van der Waals surface area contributed by atoms with Crippen LogP contribution in [0.25, 0.3) is 21.8 Å². The van der Waals surface area contributed by atoms with Gasteiger partial charge in [0.25, 0.3) is 0 Å². The number of hydrogen-bond acceptors (Lipinski definition) is 3. The summed E-state index contributed by atoms with van der Waals surface area (Å²) in [4.78, 5) is 19.4. The second-order valence-electron chi connectivity index (χ2n) is 7.14. The maximum Gasteiger partial charge on any atom is 0.225 e. The molecule has 0 atom stereocenters. The average molecular weight is 396 g/mol. The lowest BCUT2D eigenvalue weighted by Crippen LogP contribution is -2.01. The van der Waals surface area contributed by atoms with Gasteiger partial charge in [0.1, 0.15) is 18.1 Å². The SMILES string of the molecule is COc1cccc2[nH]c(C(=O)c3cc4cc(OCc5ccccc5)ccc4[nH]3)cc12. The van der Waals surface area contributed by atoms with Gasteiger partial charge in [0, 0.05) is 21.8 Å². The molecule has 5 heteroatoms. The summed E-state index contributed by atoms with van der Waals surface area (Å²) in [6, 6.07) is 25.2. The average Bonchev–Trinajstić information content (AvgIpc) is 3.41. The normalized spacial score (nSPS) is 11.1. The summed E-state index contributed by atoms with van der Waals surface area (Å²) in [7, 11) is 1.62. The van der Waals surface area contributed by atoms with Crippen molar-refractivity contribution in [3.63, 3.8) is 0 Å². The lowest BCUT2D eigenvalue weighted by Gasteiger charge is -2.06. The standard InChI is InChI=1S/C25H20N2O3/c1-29-24-9-5-8-21-19(24)14-23(27-21)25(28)22-13-17-12-18(10-11-20(17)26-22)30-15-16-6-3-2-4-7-16/h2-14,26-27H,15H2,1H3. The number of aromatic nitrogens is 2. The number of carbonyl (C=O) groups is 1. The van der Waals surface area contributed by atoms with E-state index in [-0.39, 0.29) is 5.78 Å². The van der Waals surface area contributed by atoms with E-state index >= 15 is 0 Å². The van der Waals surface area contributed by atoms with Gasteiger partial charge >= 0.3 is 0 Å². The van der Waals surface area contributed by atoms with Crippen LogP contribution >= 0.6 is 0 Å². The lowest BCUT2D eigenvalue weighted by atomic mass is 10.2. The molecule has 0 unspecified atom stereocenters. The Kier molecular flexibility index (Phi) is 4.48. The molecule has 2 N–H and O–H groups in total. The molecule has 0 saturated heterocycles. The molecular weight excluding hydrogens is 376 g/mol. The smallest absolute Gasteiger partial charge is 0.225 e. The van der Waals surface area contributed by atoms with Crippen molar-refractivity contribution in [2.75, 3.05) is 7.11 Å².